The Hall–Kier alpha value is -3.38. The lowest BCUT2D eigenvalue weighted by molar-refractivity contribution is 0.0981. The van der Waals surface area contributed by atoms with E-state index < -0.39 is 26.0 Å². The summed E-state index contributed by atoms with van der Waals surface area (Å²) in [5.74, 6) is 0.0222. The molecule has 1 saturated heterocycles. The van der Waals surface area contributed by atoms with Crippen LogP contribution in [0, 0.1) is 20.8 Å². The van der Waals surface area contributed by atoms with Crippen LogP contribution in [0.15, 0.2) is 64.4 Å². The molecule has 258 valence electrons. The SMILES string of the molecule is CCc1c(C)n(CCCOc2cc(C)c(Cl)c(C)c2)c2ccc(C(=O)NS(=O)(=O)c3ccc(S(=O)(=O)N4CCCC[C@@H]4CC)cc3)cc12. The molecule has 3 aromatic carbocycles. The summed E-state index contributed by atoms with van der Waals surface area (Å²) in [6.07, 6.45) is 4.80. The summed E-state index contributed by atoms with van der Waals surface area (Å²) in [6.45, 7) is 11.6. The number of amides is 1. The first-order valence-electron chi connectivity index (χ1n) is 16.5. The van der Waals surface area contributed by atoms with Crippen LogP contribution in [0.2, 0.25) is 5.02 Å². The summed E-state index contributed by atoms with van der Waals surface area (Å²) >= 11 is 6.29. The number of rotatable bonds is 12. The summed E-state index contributed by atoms with van der Waals surface area (Å²) in [5, 5.41) is 1.64. The number of aromatic nitrogens is 1. The summed E-state index contributed by atoms with van der Waals surface area (Å²) in [6, 6.07) is 14.1. The number of piperidine rings is 1. The minimum Gasteiger partial charge on any atom is -0.494 e. The number of aryl methyl sites for hydroxylation is 4. The Labute approximate surface area is 289 Å². The molecule has 1 aromatic heterocycles. The van der Waals surface area contributed by atoms with Crippen molar-refractivity contribution in [1.82, 2.24) is 13.6 Å². The lowest BCUT2D eigenvalue weighted by Crippen LogP contribution is -2.43. The summed E-state index contributed by atoms with van der Waals surface area (Å²) in [7, 11) is -8.03. The van der Waals surface area contributed by atoms with E-state index in [1.807, 2.05) is 45.9 Å². The number of carbonyl (C=O) groups excluding carboxylic acids is 1. The highest BCUT2D eigenvalue weighted by Gasteiger charge is 2.33. The average molecular weight is 714 g/mol. The van der Waals surface area contributed by atoms with Crippen molar-refractivity contribution < 1.29 is 26.4 Å². The molecule has 1 aliphatic rings. The maximum atomic E-state index is 13.3. The quantitative estimate of drug-likeness (QED) is 0.154. The van der Waals surface area contributed by atoms with Crippen molar-refractivity contribution in [3.8, 4) is 5.75 Å². The number of benzene rings is 3. The van der Waals surface area contributed by atoms with Gasteiger partial charge in [-0.05, 0) is 124 Å². The molecule has 48 heavy (non-hydrogen) atoms. The largest absolute Gasteiger partial charge is 0.494 e. The molecule has 1 amide bonds. The van der Waals surface area contributed by atoms with E-state index in [1.54, 1.807) is 12.1 Å². The number of carbonyl (C=O) groups is 1. The van der Waals surface area contributed by atoms with Crippen molar-refractivity contribution in [2.75, 3.05) is 13.2 Å². The van der Waals surface area contributed by atoms with Gasteiger partial charge in [0.25, 0.3) is 15.9 Å². The second-order valence-corrected chi connectivity index (χ2v) is 16.4. The topological polar surface area (TPSA) is 115 Å². The zero-order chi connectivity index (χ0) is 34.8. The van der Waals surface area contributed by atoms with Gasteiger partial charge in [-0.3, -0.25) is 4.79 Å². The van der Waals surface area contributed by atoms with Crippen LogP contribution in [0.25, 0.3) is 10.9 Å². The highest BCUT2D eigenvalue weighted by molar-refractivity contribution is 7.90. The Balaban J connectivity index is 1.29. The lowest BCUT2D eigenvalue weighted by atomic mass is 10.0. The third-order valence-electron chi connectivity index (χ3n) is 9.29. The van der Waals surface area contributed by atoms with Gasteiger partial charge < -0.3 is 9.30 Å². The number of halogens is 1. The van der Waals surface area contributed by atoms with E-state index in [1.165, 1.54) is 28.6 Å². The zero-order valence-corrected chi connectivity index (χ0v) is 30.6. The van der Waals surface area contributed by atoms with E-state index in [4.69, 9.17) is 16.3 Å². The molecular formula is C36H44ClN3O6S2. The number of fused-ring (bicyclic) bond motifs is 1. The van der Waals surface area contributed by atoms with Gasteiger partial charge in [-0.25, -0.2) is 21.6 Å². The number of nitrogens with one attached hydrogen (secondary N) is 1. The van der Waals surface area contributed by atoms with Crippen molar-refractivity contribution in [2.45, 2.75) is 95.5 Å². The molecule has 0 spiro atoms. The highest BCUT2D eigenvalue weighted by atomic mass is 35.5. The van der Waals surface area contributed by atoms with Gasteiger partial charge in [-0.1, -0.05) is 31.9 Å². The van der Waals surface area contributed by atoms with Gasteiger partial charge in [0.15, 0.2) is 0 Å². The van der Waals surface area contributed by atoms with Gasteiger partial charge in [0.2, 0.25) is 10.0 Å². The summed E-state index contributed by atoms with van der Waals surface area (Å²) < 4.78 is 65.0. The van der Waals surface area contributed by atoms with Crippen LogP contribution in [0.5, 0.6) is 5.75 Å². The number of ether oxygens (including phenoxy) is 1. The molecule has 0 bridgehead atoms. The van der Waals surface area contributed by atoms with Gasteiger partial charge in [-0.15, -0.1) is 0 Å². The molecule has 1 aliphatic heterocycles. The first-order chi connectivity index (χ1) is 22.8. The van der Waals surface area contributed by atoms with Crippen molar-refractivity contribution in [3.05, 3.63) is 87.6 Å². The fourth-order valence-electron chi connectivity index (χ4n) is 6.69. The molecule has 1 fully saturated rings. The Bertz CT molecular complexity index is 2020. The van der Waals surface area contributed by atoms with Crippen LogP contribution in [0.1, 0.15) is 78.7 Å². The normalized spacial score (nSPS) is 15.9. The molecule has 4 aromatic rings. The Morgan fingerprint density at radius 2 is 1.60 bits per heavy atom. The number of nitrogens with zero attached hydrogens (tertiary/aromatic N) is 2. The molecule has 5 rings (SSSR count). The standard InChI is InChI=1S/C36H44ClN3O6S2/c1-6-28-11-8-9-19-40(28)48(44,45)31-15-13-30(14-16-31)47(42,43)38-36(41)27-12-17-34-33(23-27)32(7-2)26(5)39(34)18-10-20-46-29-21-24(3)35(37)25(4)22-29/h12-17,21-23,28H,6-11,18-20H2,1-5H3,(H,38,41)/t28-/m0/s1. The van der Waals surface area contributed by atoms with Gasteiger partial charge in [-0.2, -0.15) is 4.31 Å². The molecule has 1 N–H and O–H groups in total. The van der Waals surface area contributed by atoms with Crippen LogP contribution >= 0.6 is 11.6 Å². The molecule has 12 heteroatoms. The van der Waals surface area contributed by atoms with Crippen LogP contribution in [0.3, 0.4) is 0 Å². The number of hydrogen-bond acceptors (Lipinski definition) is 6. The third-order valence-corrected chi connectivity index (χ3v) is 13.2. The van der Waals surface area contributed by atoms with E-state index in [-0.39, 0.29) is 21.4 Å². The predicted octanol–water partition coefficient (Wildman–Crippen LogP) is 7.32. The van der Waals surface area contributed by atoms with Gasteiger partial charge in [0, 0.05) is 46.3 Å². The Morgan fingerprint density at radius 3 is 2.25 bits per heavy atom. The number of sulfonamides is 2. The van der Waals surface area contributed by atoms with E-state index >= 15 is 0 Å². The van der Waals surface area contributed by atoms with E-state index in [9.17, 15) is 21.6 Å². The molecular weight excluding hydrogens is 670 g/mol. The molecule has 9 nitrogen and oxygen atoms in total. The molecule has 0 unspecified atom stereocenters. The first-order valence-corrected chi connectivity index (χ1v) is 19.8. The minimum atomic E-state index is -4.26. The van der Waals surface area contributed by atoms with E-state index in [0.717, 1.165) is 76.2 Å². The second-order valence-electron chi connectivity index (χ2n) is 12.5. The van der Waals surface area contributed by atoms with Crippen molar-refractivity contribution >= 4 is 48.5 Å². The van der Waals surface area contributed by atoms with E-state index in [2.05, 4.69) is 16.2 Å². The lowest BCUT2D eigenvalue weighted by Gasteiger charge is -2.34. The zero-order valence-electron chi connectivity index (χ0n) is 28.2. The Kier molecular flexibility index (Phi) is 10.9. The summed E-state index contributed by atoms with van der Waals surface area (Å²) in [5.41, 5.74) is 5.29. The fourth-order valence-corrected chi connectivity index (χ4v) is 9.54. The maximum Gasteiger partial charge on any atom is 0.265 e. The van der Waals surface area contributed by atoms with Crippen LogP contribution in [-0.4, -0.2) is 50.8 Å². The van der Waals surface area contributed by atoms with Gasteiger partial charge >= 0.3 is 0 Å². The van der Waals surface area contributed by atoms with E-state index in [0.29, 0.717) is 26.1 Å². The molecule has 0 saturated carbocycles. The van der Waals surface area contributed by atoms with Crippen molar-refractivity contribution in [3.63, 3.8) is 0 Å². The monoisotopic (exact) mass is 713 g/mol. The van der Waals surface area contributed by atoms with Gasteiger partial charge in [0.1, 0.15) is 5.75 Å². The second kappa shape index (κ2) is 14.6. The molecule has 2 heterocycles. The molecule has 0 radical (unpaired) electrons. The minimum absolute atomic E-state index is 0.0345. The molecule has 1 atom stereocenters. The predicted molar refractivity (Wildman–Crippen MR) is 190 cm³/mol. The molecule has 0 aliphatic carbocycles. The van der Waals surface area contributed by atoms with Crippen LogP contribution in [0.4, 0.5) is 0 Å². The first kappa shape index (κ1) is 35.9. The van der Waals surface area contributed by atoms with Crippen molar-refractivity contribution in [1.29, 1.82) is 0 Å². The highest BCUT2D eigenvalue weighted by Crippen LogP contribution is 2.30. The summed E-state index contributed by atoms with van der Waals surface area (Å²) in [4.78, 5) is 13.1. The fraction of sp³-hybridized carbons (Fsp3) is 0.417. The Morgan fingerprint density at radius 1 is 0.938 bits per heavy atom. The van der Waals surface area contributed by atoms with Gasteiger partial charge in [0.05, 0.1) is 16.4 Å². The smallest absolute Gasteiger partial charge is 0.265 e. The van der Waals surface area contributed by atoms with Crippen molar-refractivity contribution in [2.24, 2.45) is 0 Å². The maximum absolute atomic E-state index is 13.3. The van der Waals surface area contributed by atoms with Crippen LogP contribution < -0.4 is 9.46 Å². The number of hydrogen-bond donors (Lipinski definition) is 1. The third kappa shape index (κ3) is 7.29. The van der Waals surface area contributed by atoms with Crippen LogP contribution in [-0.2, 0) is 33.0 Å². The average Bonchev–Trinajstić information content (AvgIpc) is 3.34.